The fourth-order valence-corrected chi connectivity index (χ4v) is 2.29. The second-order valence-electron chi connectivity index (χ2n) is 4.54. The van der Waals surface area contributed by atoms with E-state index in [0.29, 0.717) is 12.2 Å². The molecule has 1 aromatic rings. The molecule has 1 unspecified atom stereocenters. The highest BCUT2D eigenvalue weighted by atomic mass is 16.1. The highest BCUT2D eigenvalue weighted by molar-refractivity contribution is 5.73. The lowest BCUT2D eigenvalue weighted by Crippen LogP contribution is -2.35. The molecular formula is C13H16N4O. The van der Waals surface area contributed by atoms with E-state index in [-0.39, 0.29) is 11.9 Å². The average Bonchev–Trinajstić information content (AvgIpc) is 2.76. The van der Waals surface area contributed by atoms with E-state index in [1.807, 2.05) is 12.1 Å². The first-order valence-corrected chi connectivity index (χ1v) is 6.02. The van der Waals surface area contributed by atoms with Gasteiger partial charge in [0.25, 0.3) is 0 Å². The van der Waals surface area contributed by atoms with E-state index in [0.717, 1.165) is 25.1 Å². The number of hydrogen-bond donors (Lipinski definition) is 1. The van der Waals surface area contributed by atoms with E-state index < -0.39 is 0 Å². The van der Waals surface area contributed by atoms with Gasteiger partial charge < -0.3 is 5.32 Å². The van der Waals surface area contributed by atoms with E-state index >= 15 is 0 Å². The van der Waals surface area contributed by atoms with Crippen molar-refractivity contribution in [3.8, 4) is 6.07 Å². The number of rotatable bonds is 3. The Morgan fingerprint density at radius 2 is 2.56 bits per heavy atom. The zero-order valence-corrected chi connectivity index (χ0v) is 10.4. The van der Waals surface area contributed by atoms with Crippen LogP contribution in [-0.2, 0) is 11.3 Å². The predicted molar refractivity (Wildman–Crippen MR) is 66.5 cm³/mol. The number of carbonyl (C=O) groups is 1. The van der Waals surface area contributed by atoms with Crippen LogP contribution in [0.15, 0.2) is 18.3 Å². The van der Waals surface area contributed by atoms with Crippen molar-refractivity contribution in [2.45, 2.75) is 25.9 Å². The van der Waals surface area contributed by atoms with Crippen LogP contribution in [0.3, 0.4) is 0 Å². The third kappa shape index (κ3) is 3.05. The van der Waals surface area contributed by atoms with E-state index in [4.69, 9.17) is 5.26 Å². The Hall–Kier alpha value is -1.93. The molecule has 1 aliphatic rings. The van der Waals surface area contributed by atoms with Gasteiger partial charge >= 0.3 is 0 Å². The summed E-state index contributed by atoms with van der Waals surface area (Å²) >= 11 is 0. The minimum atomic E-state index is 0.0148. The van der Waals surface area contributed by atoms with Gasteiger partial charge in [-0.05, 0) is 12.5 Å². The molecule has 1 amide bonds. The predicted octanol–water partition coefficient (Wildman–Crippen LogP) is 0.664. The van der Waals surface area contributed by atoms with Crippen LogP contribution in [0.4, 0.5) is 0 Å². The van der Waals surface area contributed by atoms with Gasteiger partial charge in [0.2, 0.25) is 5.91 Å². The smallest absolute Gasteiger partial charge is 0.217 e. The van der Waals surface area contributed by atoms with Crippen molar-refractivity contribution in [1.82, 2.24) is 15.2 Å². The number of aromatic nitrogens is 1. The average molecular weight is 244 g/mol. The number of nitrogens with zero attached hydrogens (tertiary/aromatic N) is 3. The molecule has 1 fully saturated rings. The topological polar surface area (TPSA) is 69.0 Å². The summed E-state index contributed by atoms with van der Waals surface area (Å²) in [4.78, 5) is 17.3. The van der Waals surface area contributed by atoms with Gasteiger partial charge in [0.05, 0.1) is 0 Å². The molecule has 1 atom stereocenters. The van der Waals surface area contributed by atoms with Gasteiger partial charge in [-0.3, -0.25) is 9.69 Å². The molecule has 0 saturated carbocycles. The zero-order valence-electron chi connectivity index (χ0n) is 10.4. The number of nitriles is 1. The molecule has 5 heteroatoms. The van der Waals surface area contributed by atoms with Crippen molar-refractivity contribution in [3.05, 3.63) is 29.6 Å². The fraction of sp³-hybridized carbons (Fsp3) is 0.462. The molecule has 2 heterocycles. The summed E-state index contributed by atoms with van der Waals surface area (Å²) in [6.07, 6.45) is 2.59. The SMILES string of the molecule is CC(=O)NC1CCN(Cc2cccnc2C#N)C1. The highest BCUT2D eigenvalue weighted by Crippen LogP contribution is 2.14. The second kappa shape index (κ2) is 5.61. The molecule has 18 heavy (non-hydrogen) atoms. The van der Waals surface area contributed by atoms with Crippen molar-refractivity contribution in [1.29, 1.82) is 5.26 Å². The molecular weight excluding hydrogens is 228 g/mol. The Morgan fingerprint density at radius 1 is 1.72 bits per heavy atom. The fourth-order valence-electron chi connectivity index (χ4n) is 2.29. The minimum Gasteiger partial charge on any atom is -0.352 e. The quantitative estimate of drug-likeness (QED) is 0.848. The maximum atomic E-state index is 11.0. The summed E-state index contributed by atoms with van der Waals surface area (Å²) in [7, 11) is 0. The van der Waals surface area contributed by atoms with E-state index in [1.165, 1.54) is 6.92 Å². The molecule has 1 aromatic heterocycles. The minimum absolute atomic E-state index is 0.0148. The summed E-state index contributed by atoms with van der Waals surface area (Å²) in [6, 6.07) is 6.10. The van der Waals surface area contributed by atoms with Crippen LogP contribution < -0.4 is 5.32 Å². The van der Waals surface area contributed by atoms with Crippen molar-refractivity contribution in [3.63, 3.8) is 0 Å². The van der Waals surface area contributed by atoms with Crippen LogP contribution in [0.5, 0.6) is 0 Å². The summed E-state index contributed by atoms with van der Waals surface area (Å²) < 4.78 is 0. The molecule has 0 spiro atoms. The van der Waals surface area contributed by atoms with Gasteiger partial charge in [0.15, 0.2) is 0 Å². The Balaban J connectivity index is 1.95. The van der Waals surface area contributed by atoms with Crippen molar-refractivity contribution in [2.24, 2.45) is 0 Å². The Kier molecular flexibility index (Phi) is 3.90. The van der Waals surface area contributed by atoms with Gasteiger partial charge in [0.1, 0.15) is 11.8 Å². The van der Waals surface area contributed by atoms with Crippen LogP contribution in [-0.4, -0.2) is 34.9 Å². The van der Waals surface area contributed by atoms with Gasteiger partial charge in [-0.1, -0.05) is 6.07 Å². The molecule has 2 rings (SSSR count). The van der Waals surface area contributed by atoms with E-state index in [2.05, 4.69) is 21.3 Å². The zero-order chi connectivity index (χ0) is 13.0. The first-order valence-electron chi connectivity index (χ1n) is 6.02. The lowest BCUT2D eigenvalue weighted by atomic mass is 10.2. The number of pyridine rings is 1. The molecule has 0 aromatic carbocycles. The van der Waals surface area contributed by atoms with Gasteiger partial charge in [0, 0.05) is 44.4 Å². The largest absolute Gasteiger partial charge is 0.352 e. The Bertz CT molecular complexity index is 480. The van der Waals surface area contributed by atoms with Crippen LogP contribution in [0.2, 0.25) is 0 Å². The summed E-state index contributed by atoms with van der Waals surface area (Å²) in [5.41, 5.74) is 1.43. The van der Waals surface area contributed by atoms with Crippen LogP contribution in [0, 0.1) is 11.3 Å². The first-order chi connectivity index (χ1) is 8.69. The van der Waals surface area contributed by atoms with Gasteiger partial charge in [-0.25, -0.2) is 4.98 Å². The molecule has 0 bridgehead atoms. The Morgan fingerprint density at radius 3 is 3.28 bits per heavy atom. The standard InChI is InChI=1S/C13H16N4O/c1-10(18)16-12-4-6-17(9-12)8-11-3-2-5-15-13(11)7-14/h2-3,5,12H,4,6,8-9H2,1H3,(H,16,18). The van der Waals surface area contributed by atoms with Crippen molar-refractivity contribution < 1.29 is 4.79 Å². The number of carbonyl (C=O) groups excluding carboxylic acids is 1. The number of likely N-dealkylation sites (tertiary alicyclic amines) is 1. The number of hydrogen-bond acceptors (Lipinski definition) is 4. The van der Waals surface area contributed by atoms with Gasteiger partial charge in [-0.15, -0.1) is 0 Å². The van der Waals surface area contributed by atoms with Crippen LogP contribution in [0.1, 0.15) is 24.6 Å². The molecule has 0 radical (unpaired) electrons. The molecule has 1 N–H and O–H groups in total. The Labute approximate surface area is 106 Å². The van der Waals surface area contributed by atoms with Crippen molar-refractivity contribution >= 4 is 5.91 Å². The molecule has 1 aliphatic heterocycles. The van der Waals surface area contributed by atoms with Crippen LogP contribution >= 0.6 is 0 Å². The third-order valence-electron chi connectivity index (χ3n) is 3.07. The molecule has 1 saturated heterocycles. The van der Waals surface area contributed by atoms with Gasteiger partial charge in [-0.2, -0.15) is 5.26 Å². The summed E-state index contributed by atoms with van der Waals surface area (Å²) in [5, 5.41) is 11.9. The maximum absolute atomic E-state index is 11.0. The molecule has 0 aliphatic carbocycles. The maximum Gasteiger partial charge on any atom is 0.217 e. The molecule has 5 nitrogen and oxygen atoms in total. The number of amides is 1. The lowest BCUT2D eigenvalue weighted by molar-refractivity contribution is -0.119. The number of nitrogens with one attached hydrogen (secondary N) is 1. The van der Waals surface area contributed by atoms with Crippen molar-refractivity contribution in [2.75, 3.05) is 13.1 Å². The summed E-state index contributed by atoms with van der Waals surface area (Å²) in [5.74, 6) is 0.0148. The second-order valence-corrected chi connectivity index (χ2v) is 4.54. The molecule has 94 valence electrons. The van der Waals surface area contributed by atoms with Crippen LogP contribution in [0.25, 0.3) is 0 Å². The lowest BCUT2D eigenvalue weighted by Gasteiger charge is -2.16. The third-order valence-corrected chi connectivity index (χ3v) is 3.07. The highest BCUT2D eigenvalue weighted by Gasteiger charge is 2.23. The first kappa shape index (κ1) is 12.5. The van der Waals surface area contributed by atoms with E-state index in [9.17, 15) is 4.79 Å². The van der Waals surface area contributed by atoms with E-state index in [1.54, 1.807) is 6.20 Å². The normalized spacial score (nSPS) is 19.4. The monoisotopic (exact) mass is 244 g/mol. The summed E-state index contributed by atoms with van der Waals surface area (Å²) in [6.45, 7) is 4.02.